The molecule has 0 unspecified atom stereocenters. The van der Waals surface area contributed by atoms with Crippen LogP contribution in [-0.2, 0) is 4.79 Å². The highest BCUT2D eigenvalue weighted by atomic mass is 79.9. The standard InChI is InChI=1S/C14H14BrNO4/c1-4-8(10(7-16)14(17)18)9-5-12(19-2)13(20-3)6-11(9)15/h5-6H,4H2,1-3H3,(H,17,18)/b10-8+. The molecule has 0 aliphatic rings. The van der Waals surface area contributed by atoms with Crippen molar-refractivity contribution in [2.24, 2.45) is 0 Å². The molecule has 0 radical (unpaired) electrons. The van der Waals surface area contributed by atoms with Crippen LogP contribution in [0.2, 0.25) is 0 Å². The predicted molar refractivity (Wildman–Crippen MR) is 77.7 cm³/mol. The van der Waals surface area contributed by atoms with Crippen LogP contribution >= 0.6 is 15.9 Å². The lowest BCUT2D eigenvalue weighted by Gasteiger charge is -2.14. The number of carbonyl (C=O) groups is 1. The lowest BCUT2D eigenvalue weighted by Crippen LogP contribution is -2.03. The number of nitrogens with zero attached hydrogens (tertiary/aromatic N) is 1. The zero-order valence-corrected chi connectivity index (χ0v) is 12.9. The number of benzene rings is 1. The molecule has 0 saturated carbocycles. The maximum atomic E-state index is 11.1. The van der Waals surface area contributed by atoms with Gasteiger partial charge in [-0.15, -0.1) is 0 Å². The third kappa shape index (κ3) is 3.11. The van der Waals surface area contributed by atoms with Crippen LogP contribution in [0.1, 0.15) is 18.9 Å². The molecule has 0 amide bonds. The second-order valence-corrected chi connectivity index (χ2v) is 4.67. The Balaban J connectivity index is 3.60. The maximum absolute atomic E-state index is 11.1. The first-order valence-electron chi connectivity index (χ1n) is 5.78. The van der Waals surface area contributed by atoms with Gasteiger partial charge in [-0.3, -0.25) is 0 Å². The Morgan fingerprint density at radius 1 is 1.35 bits per heavy atom. The minimum atomic E-state index is -1.24. The van der Waals surface area contributed by atoms with Gasteiger partial charge >= 0.3 is 5.97 Å². The molecule has 0 aliphatic heterocycles. The van der Waals surface area contributed by atoms with Gasteiger partial charge in [0, 0.05) is 4.47 Å². The van der Waals surface area contributed by atoms with Crippen molar-refractivity contribution >= 4 is 27.5 Å². The highest BCUT2D eigenvalue weighted by Crippen LogP contribution is 2.38. The summed E-state index contributed by atoms with van der Waals surface area (Å²) in [6, 6.07) is 5.07. The molecule has 1 N–H and O–H groups in total. The SMILES string of the molecule is CC/C(=C(/C#N)C(=O)O)c1cc(OC)c(OC)cc1Br. The number of methoxy groups -OCH3 is 2. The summed E-state index contributed by atoms with van der Waals surface area (Å²) < 4.78 is 11.0. The van der Waals surface area contributed by atoms with E-state index in [1.165, 1.54) is 14.2 Å². The van der Waals surface area contributed by atoms with Gasteiger partial charge in [-0.2, -0.15) is 5.26 Å². The summed E-state index contributed by atoms with van der Waals surface area (Å²) in [5.74, 6) is -0.252. The van der Waals surface area contributed by atoms with Gasteiger partial charge in [0.05, 0.1) is 14.2 Å². The molecule has 0 aliphatic carbocycles. The molecular formula is C14H14BrNO4. The van der Waals surface area contributed by atoms with Gasteiger partial charge in [0.1, 0.15) is 11.6 Å². The van der Waals surface area contributed by atoms with Crippen LogP contribution in [0.5, 0.6) is 11.5 Å². The first kappa shape index (κ1) is 16.1. The average Bonchev–Trinajstić information content (AvgIpc) is 2.44. The highest BCUT2D eigenvalue weighted by molar-refractivity contribution is 9.10. The number of carboxylic acid groups (broad SMARTS) is 1. The largest absolute Gasteiger partial charge is 0.493 e. The smallest absolute Gasteiger partial charge is 0.346 e. The maximum Gasteiger partial charge on any atom is 0.346 e. The number of hydrogen-bond acceptors (Lipinski definition) is 4. The van der Waals surface area contributed by atoms with Crippen molar-refractivity contribution < 1.29 is 19.4 Å². The Morgan fingerprint density at radius 3 is 2.30 bits per heavy atom. The molecule has 0 saturated heterocycles. The van der Waals surface area contributed by atoms with E-state index in [0.29, 0.717) is 33.5 Å². The van der Waals surface area contributed by atoms with Gasteiger partial charge in [0.25, 0.3) is 0 Å². The van der Waals surface area contributed by atoms with Crippen molar-refractivity contribution in [3.05, 3.63) is 27.7 Å². The third-order valence-corrected chi connectivity index (χ3v) is 3.44. The van der Waals surface area contributed by atoms with E-state index in [4.69, 9.17) is 19.8 Å². The second kappa shape index (κ2) is 6.96. The van der Waals surface area contributed by atoms with E-state index < -0.39 is 5.97 Å². The van der Waals surface area contributed by atoms with Crippen LogP contribution in [0.4, 0.5) is 0 Å². The van der Waals surface area contributed by atoms with E-state index in [1.54, 1.807) is 25.1 Å². The van der Waals surface area contributed by atoms with Gasteiger partial charge in [-0.25, -0.2) is 4.79 Å². The number of ether oxygens (including phenoxy) is 2. The van der Waals surface area contributed by atoms with Gasteiger partial charge in [0.2, 0.25) is 0 Å². The molecule has 20 heavy (non-hydrogen) atoms. The lowest BCUT2D eigenvalue weighted by atomic mass is 9.97. The molecule has 5 nitrogen and oxygen atoms in total. The van der Waals surface area contributed by atoms with Crippen molar-refractivity contribution in [2.45, 2.75) is 13.3 Å². The van der Waals surface area contributed by atoms with E-state index in [0.717, 1.165) is 0 Å². The Bertz CT molecular complexity index is 602. The molecule has 1 aromatic rings. The van der Waals surface area contributed by atoms with Crippen LogP contribution < -0.4 is 9.47 Å². The van der Waals surface area contributed by atoms with Gasteiger partial charge in [-0.1, -0.05) is 22.9 Å². The number of rotatable bonds is 5. The molecule has 0 aromatic heterocycles. The number of nitriles is 1. The quantitative estimate of drug-likeness (QED) is 0.657. The molecule has 0 fully saturated rings. The topological polar surface area (TPSA) is 79.6 Å². The van der Waals surface area contributed by atoms with E-state index in [2.05, 4.69) is 15.9 Å². The van der Waals surface area contributed by atoms with Crippen LogP contribution in [0, 0.1) is 11.3 Å². The normalized spacial score (nSPS) is 11.3. The monoisotopic (exact) mass is 339 g/mol. The van der Waals surface area contributed by atoms with Crippen LogP contribution in [0.3, 0.4) is 0 Å². The molecule has 0 heterocycles. The number of halogens is 1. The van der Waals surface area contributed by atoms with E-state index in [9.17, 15) is 4.79 Å². The summed E-state index contributed by atoms with van der Waals surface area (Å²) in [5, 5.41) is 18.1. The molecular weight excluding hydrogens is 326 g/mol. The summed E-state index contributed by atoms with van der Waals surface area (Å²) in [5.41, 5.74) is 0.761. The molecule has 0 spiro atoms. The molecule has 6 heteroatoms. The second-order valence-electron chi connectivity index (χ2n) is 3.81. The van der Waals surface area contributed by atoms with E-state index >= 15 is 0 Å². The summed E-state index contributed by atoms with van der Waals surface area (Å²) >= 11 is 3.37. The Labute approximate surface area is 125 Å². The summed E-state index contributed by atoms with van der Waals surface area (Å²) in [4.78, 5) is 11.1. The number of allylic oxidation sites excluding steroid dienone is 1. The Hall–Kier alpha value is -2.00. The molecule has 106 valence electrons. The molecule has 0 bridgehead atoms. The summed E-state index contributed by atoms with van der Waals surface area (Å²) in [6.07, 6.45) is 0.406. The lowest BCUT2D eigenvalue weighted by molar-refractivity contribution is -0.132. The molecule has 0 atom stereocenters. The zero-order valence-electron chi connectivity index (χ0n) is 11.4. The van der Waals surface area contributed by atoms with Crippen molar-refractivity contribution in [3.8, 4) is 17.6 Å². The minimum Gasteiger partial charge on any atom is -0.493 e. The van der Waals surface area contributed by atoms with Crippen LogP contribution in [-0.4, -0.2) is 25.3 Å². The fourth-order valence-electron chi connectivity index (χ4n) is 1.83. The van der Waals surface area contributed by atoms with E-state index in [1.807, 2.05) is 0 Å². The van der Waals surface area contributed by atoms with Gasteiger partial charge < -0.3 is 14.6 Å². The Kier molecular flexibility index (Phi) is 5.59. The minimum absolute atomic E-state index is 0.277. The Morgan fingerprint density at radius 2 is 1.90 bits per heavy atom. The van der Waals surface area contributed by atoms with Crippen molar-refractivity contribution in [1.29, 1.82) is 5.26 Å². The average molecular weight is 340 g/mol. The van der Waals surface area contributed by atoms with Gasteiger partial charge in [0.15, 0.2) is 11.5 Å². The fourth-order valence-corrected chi connectivity index (χ4v) is 2.39. The number of hydrogen-bond donors (Lipinski definition) is 1. The first-order chi connectivity index (χ1) is 9.49. The van der Waals surface area contributed by atoms with Crippen molar-refractivity contribution in [2.75, 3.05) is 14.2 Å². The summed E-state index contributed by atoms with van der Waals surface area (Å²) in [6.45, 7) is 1.79. The number of carboxylic acids is 1. The van der Waals surface area contributed by atoms with E-state index in [-0.39, 0.29) is 5.57 Å². The van der Waals surface area contributed by atoms with Crippen LogP contribution in [0.15, 0.2) is 22.2 Å². The predicted octanol–water partition coefficient (Wildman–Crippen LogP) is 3.24. The van der Waals surface area contributed by atoms with Crippen molar-refractivity contribution in [1.82, 2.24) is 0 Å². The third-order valence-electron chi connectivity index (χ3n) is 2.78. The summed E-state index contributed by atoms with van der Waals surface area (Å²) in [7, 11) is 3.01. The molecule has 1 aromatic carbocycles. The number of aliphatic carboxylic acids is 1. The fraction of sp³-hybridized carbons (Fsp3) is 0.286. The highest BCUT2D eigenvalue weighted by Gasteiger charge is 2.19. The van der Waals surface area contributed by atoms with Crippen molar-refractivity contribution in [3.63, 3.8) is 0 Å². The molecule has 1 rings (SSSR count). The zero-order chi connectivity index (χ0) is 15.3. The first-order valence-corrected chi connectivity index (χ1v) is 6.57. The van der Waals surface area contributed by atoms with Crippen LogP contribution in [0.25, 0.3) is 5.57 Å². The van der Waals surface area contributed by atoms with Gasteiger partial charge in [-0.05, 0) is 29.7 Å².